The van der Waals surface area contributed by atoms with Crippen LogP contribution in [0.1, 0.15) is 33.1 Å². The maximum absolute atomic E-state index is 6.34. The Balaban J connectivity index is 1.64. The third-order valence-electron chi connectivity index (χ3n) is 5.51. The second kappa shape index (κ2) is 7.82. The van der Waals surface area contributed by atoms with Gasteiger partial charge in [-0.2, -0.15) is 0 Å². The Morgan fingerprint density at radius 3 is 2.61 bits per heavy atom. The molecule has 0 bridgehead atoms. The van der Waals surface area contributed by atoms with Crippen molar-refractivity contribution >= 4 is 17.4 Å². The van der Waals surface area contributed by atoms with E-state index in [1.807, 2.05) is 18.3 Å². The number of aromatic nitrogens is 1. The molecule has 2 saturated heterocycles. The molecule has 1 atom stereocenters. The van der Waals surface area contributed by atoms with Crippen molar-refractivity contribution in [2.75, 3.05) is 44.2 Å². The normalized spacial score (nSPS) is 25.0. The molecule has 2 fully saturated rings. The van der Waals surface area contributed by atoms with Crippen molar-refractivity contribution in [3.05, 3.63) is 23.4 Å². The number of hydrogen-bond donors (Lipinski definition) is 0. The van der Waals surface area contributed by atoms with E-state index >= 15 is 0 Å². The van der Waals surface area contributed by atoms with Gasteiger partial charge in [0.15, 0.2) is 0 Å². The van der Waals surface area contributed by atoms with E-state index in [0.29, 0.717) is 6.04 Å². The van der Waals surface area contributed by atoms with Gasteiger partial charge in [-0.3, -0.25) is 4.90 Å². The average Bonchev–Trinajstić information content (AvgIpc) is 2.62. The molecule has 0 spiro atoms. The quantitative estimate of drug-likeness (QED) is 0.842. The molecule has 5 heteroatoms. The molecule has 1 aromatic heterocycles. The summed E-state index contributed by atoms with van der Waals surface area (Å²) in [5, 5.41) is 0.770. The summed E-state index contributed by atoms with van der Waals surface area (Å²) >= 11 is 6.34. The lowest BCUT2D eigenvalue weighted by Crippen LogP contribution is -2.58. The first-order valence-corrected chi connectivity index (χ1v) is 9.44. The fourth-order valence-electron chi connectivity index (χ4n) is 4.08. The topological polar surface area (TPSA) is 22.6 Å². The number of halogens is 1. The first-order chi connectivity index (χ1) is 11.2. The van der Waals surface area contributed by atoms with Gasteiger partial charge in [0.1, 0.15) is 5.82 Å². The number of likely N-dealkylation sites (tertiary alicyclic amines) is 1. The molecule has 2 aliphatic rings. The van der Waals surface area contributed by atoms with Crippen LogP contribution in [0, 0.1) is 0 Å². The van der Waals surface area contributed by atoms with Gasteiger partial charge in [0.05, 0.1) is 5.02 Å². The zero-order valence-electron chi connectivity index (χ0n) is 14.4. The van der Waals surface area contributed by atoms with Crippen LogP contribution < -0.4 is 4.90 Å². The molecule has 0 amide bonds. The summed E-state index contributed by atoms with van der Waals surface area (Å²) in [6.07, 6.45) is 5.66. The van der Waals surface area contributed by atoms with Crippen molar-refractivity contribution in [1.82, 2.24) is 14.8 Å². The Labute approximate surface area is 145 Å². The maximum atomic E-state index is 6.34. The minimum atomic E-state index is 0.611. The summed E-state index contributed by atoms with van der Waals surface area (Å²) < 4.78 is 0. The monoisotopic (exact) mass is 336 g/mol. The van der Waals surface area contributed by atoms with Crippen molar-refractivity contribution in [2.24, 2.45) is 0 Å². The Bertz CT molecular complexity index is 502. The molecular formula is C18H29ClN4. The number of piperidine rings is 1. The zero-order valence-corrected chi connectivity index (χ0v) is 15.2. The molecule has 1 unspecified atom stereocenters. The van der Waals surface area contributed by atoms with E-state index in [-0.39, 0.29) is 0 Å². The van der Waals surface area contributed by atoms with Gasteiger partial charge in [-0.15, -0.1) is 0 Å². The first-order valence-electron chi connectivity index (χ1n) is 9.06. The molecule has 2 aliphatic heterocycles. The molecule has 3 heterocycles. The largest absolute Gasteiger partial charge is 0.353 e. The van der Waals surface area contributed by atoms with Crippen LogP contribution in [0.3, 0.4) is 0 Å². The smallest absolute Gasteiger partial charge is 0.147 e. The highest BCUT2D eigenvalue weighted by Gasteiger charge is 2.33. The molecule has 0 aliphatic carbocycles. The highest BCUT2D eigenvalue weighted by molar-refractivity contribution is 6.32. The number of rotatable bonds is 4. The van der Waals surface area contributed by atoms with Crippen LogP contribution in [0.4, 0.5) is 5.82 Å². The number of hydrogen-bond acceptors (Lipinski definition) is 4. The van der Waals surface area contributed by atoms with Crippen LogP contribution in [0.5, 0.6) is 0 Å². The summed E-state index contributed by atoms with van der Waals surface area (Å²) in [5.74, 6) is 0.952. The zero-order chi connectivity index (χ0) is 16.2. The summed E-state index contributed by atoms with van der Waals surface area (Å²) in [7, 11) is 0. The van der Waals surface area contributed by atoms with Gasteiger partial charge in [-0.1, -0.05) is 25.4 Å². The predicted molar refractivity (Wildman–Crippen MR) is 97.4 cm³/mol. The van der Waals surface area contributed by atoms with Crippen LogP contribution in [0.25, 0.3) is 0 Å². The van der Waals surface area contributed by atoms with Crippen molar-refractivity contribution in [1.29, 1.82) is 0 Å². The van der Waals surface area contributed by atoms with E-state index in [0.717, 1.165) is 36.5 Å². The highest BCUT2D eigenvalue weighted by Crippen LogP contribution is 2.28. The van der Waals surface area contributed by atoms with Crippen molar-refractivity contribution in [2.45, 2.75) is 45.2 Å². The average molecular weight is 337 g/mol. The second-order valence-electron chi connectivity index (χ2n) is 6.72. The van der Waals surface area contributed by atoms with E-state index in [1.165, 1.54) is 38.9 Å². The molecule has 0 aromatic carbocycles. The van der Waals surface area contributed by atoms with Gasteiger partial charge in [0.2, 0.25) is 0 Å². The fourth-order valence-corrected chi connectivity index (χ4v) is 4.32. The van der Waals surface area contributed by atoms with E-state index in [1.54, 1.807) is 0 Å². The number of pyridine rings is 1. The van der Waals surface area contributed by atoms with Crippen LogP contribution in [0.2, 0.25) is 5.02 Å². The van der Waals surface area contributed by atoms with Gasteiger partial charge in [-0.25, -0.2) is 4.98 Å². The van der Waals surface area contributed by atoms with E-state index < -0.39 is 0 Å². The molecule has 0 N–H and O–H groups in total. The van der Waals surface area contributed by atoms with E-state index in [9.17, 15) is 0 Å². The lowest BCUT2D eigenvalue weighted by molar-refractivity contribution is 0.0647. The van der Waals surface area contributed by atoms with Crippen LogP contribution in [-0.4, -0.2) is 66.1 Å². The van der Waals surface area contributed by atoms with Gasteiger partial charge >= 0.3 is 0 Å². The van der Waals surface area contributed by atoms with Crippen LogP contribution in [0.15, 0.2) is 18.3 Å². The molecule has 0 saturated carbocycles. The Hall–Kier alpha value is -0.840. The second-order valence-corrected chi connectivity index (χ2v) is 7.13. The van der Waals surface area contributed by atoms with Crippen molar-refractivity contribution in [3.63, 3.8) is 0 Å². The summed E-state index contributed by atoms with van der Waals surface area (Å²) in [6.45, 7) is 11.5. The third-order valence-corrected chi connectivity index (χ3v) is 5.81. The number of anilines is 1. The maximum Gasteiger partial charge on any atom is 0.147 e. The SMILES string of the molecule is CCC1CN(c2ncccc2Cl)CCN1C1CCN(CC)CC1. The van der Waals surface area contributed by atoms with Crippen molar-refractivity contribution < 1.29 is 0 Å². The lowest BCUT2D eigenvalue weighted by atomic mass is 9.98. The number of piperazine rings is 1. The molecular weight excluding hydrogens is 308 g/mol. The third kappa shape index (κ3) is 3.81. The molecule has 0 radical (unpaired) electrons. The molecule has 128 valence electrons. The highest BCUT2D eigenvalue weighted by atomic mass is 35.5. The first kappa shape index (κ1) is 17.0. The van der Waals surface area contributed by atoms with Gasteiger partial charge in [0, 0.05) is 37.9 Å². The van der Waals surface area contributed by atoms with E-state index in [2.05, 4.69) is 33.5 Å². The minimum Gasteiger partial charge on any atom is -0.353 e. The standard InChI is InChI=1S/C18H29ClN4/c1-3-15-14-22(18-17(19)6-5-9-20-18)12-13-23(15)16-7-10-21(4-2)11-8-16/h5-6,9,15-16H,3-4,7-8,10-14H2,1-2H3. The minimum absolute atomic E-state index is 0.611. The number of nitrogens with zero attached hydrogens (tertiary/aromatic N) is 4. The molecule has 23 heavy (non-hydrogen) atoms. The molecule has 1 aromatic rings. The van der Waals surface area contributed by atoms with Crippen LogP contribution in [-0.2, 0) is 0 Å². The van der Waals surface area contributed by atoms with E-state index in [4.69, 9.17) is 11.6 Å². The van der Waals surface area contributed by atoms with Gasteiger partial charge in [0.25, 0.3) is 0 Å². The van der Waals surface area contributed by atoms with Gasteiger partial charge < -0.3 is 9.80 Å². The summed E-state index contributed by atoms with van der Waals surface area (Å²) in [6, 6.07) is 5.21. The van der Waals surface area contributed by atoms with Gasteiger partial charge in [-0.05, 0) is 51.0 Å². The lowest BCUT2D eigenvalue weighted by Gasteiger charge is -2.47. The Kier molecular flexibility index (Phi) is 5.78. The summed E-state index contributed by atoms with van der Waals surface area (Å²) in [4.78, 5) is 12.2. The molecule has 3 rings (SSSR count). The Morgan fingerprint density at radius 1 is 1.17 bits per heavy atom. The molecule has 4 nitrogen and oxygen atoms in total. The predicted octanol–water partition coefficient (Wildman–Crippen LogP) is 3.12. The van der Waals surface area contributed by atoms with Crippen LogP contribution >= 0.6 is 11.6 Å². The fraction of sp³-hybridized carbons (Fsp3) is 0.722. The Morgan fingerprint density at radius 2 is 1.96 bits per heavy atom. The van der Waals surface area contributed by atoms with Crippen molar-refractivity contribution in [3.8, 4) is 0 Å². The summed E-state index contributed by atoms with van der Waals surface area (Å²) in [5.41, 5.74) is 0.